The van der Waals surface area contributed by atoms with Gasteiger partial charge in [-0.2, -0.15) is 0 Å². The molecule has 0 radical (unpaired) electrons. The average Bonchev–Trinajstić information content (AvgIpc) is 2.97. The number of nitrogens with zero attached hydrogens (tertiary/aromatic N) is 2. The van der Waals surface area contributed by atoms with Gasteiger partial charge in [0.15, 0.2) is 0 Å². The predicted molar refractivity (Wildman–Crippen MR) is 103 cm³/mol. The van der Waals surface area contributed by atoms with Crippen LogP contribution < -0.4 is 15.5 Å². The minimum Gasteiger partial charge on any atom is -0.443 e. The lowest BCUT2D eigenvalue weighted by atomic mass is 10.2. The van der Waals surface area contributed by atoms with Crippen molar-refractivity contribution < 1.29 is 9.53 Å². The zero-order chi connectivity index (χ0) is 18.7. The van der Waals surface area contributed by atoms with Crippen molar-refractivity contribution >= 4 is 17.5 Å². The van der Waals surface area contributed by atoms with Crippen molar-refractivity contribution in [3.05, 3.63) is 54.4 Å². The highest BCUT2D eigenvalue weighted by Gasteiger charge is 2.36. The lowest BCUT2D eigenvalue weighted by Gasteiger charge is -2.29. The summed E-state index contributed by atoms with van der Waals surface area (Å²) in [6, 6.07) is 13.7. The Labute approximate surface area is 154 Å². The Balaban J connectivity index is 1.74. The molecular formula is C20H26N4O2. The van der Waals surface area contributed by atoms with Crippen LogP contribution in [0.3, 0.4) is 0 Å². The summed E-state index contributed by atoms with van der Waals surface area (Å²) in [7, 11) is 0. The van der Waals surface area contributed by atoms with E-state index >= 15 is 0 Å². The van der Waals surface area contributed by atoms with Crippen molar-refractivity contribution in [2.75, 3.05) is 16.8 Å². The molecule has 3 rings (SSSR count). The highest BCUT2D eigenvalue weighted by molar-refractivity contribution is 5.96. The molecule has 0 fully saturated rings. The standard InChI is InChI=1S/C20H26N4O2/c1-14(15-9-7-8-12-21-15)22-13-18-23-16-10-5-6-11-17(16)24(18)19(25)26-20(2,3)4/h5-12,14,18,22-23H,13H2,1-4H3. The first kappa shape index (κ1) is 18.2. The molecule has 2 aromatic rings. The van der Waals surface area contributed by atoms with E-state index < -0.39 is 5.60 Å². The molecule has 0 aliphatic carbocycles. The number of para-hydroxylation sites is 2. The van der Waals surface area contributed by atoms with E-state index in [4.69, 9.17) is 4.74 Å². The minimum atomic E-state index is -0.548. The maximum absolute atomic E-state index is 12.8. The number of ether oxygens (including phenoxy) is 1. The second kappa shape index (κ2) is 7.33. The highest BCUT2D eigenvalue weighted by Crippen LogP contribution is 2.35. The smallest absolute Gasteiger partial charge is 0.416 e. The van der Waals surface area contributed by atoms with Gasteiger partial charge in [-0.3, -0.25) is 9.88 Å². The molecule has 1 amide bonds. The Morgan fingerprint density at radius 1 is 1.27 bits per heavy atom. The lowest BCUT2D eigenvalue weighted by Crippen LogP contribution is -2.48. The number of anilines is 2. The number of fused-ring (bicyclic) bond motifs is 1. The van der Waals surface area contributed by atoms with Gasteiger partial charge in [0.1, 0.15) is 11.8 Å². The molecule has 0 saturated carbocycles. The lowest BCUT2D eigenvalue weighted by molar-refractivity contribution is 0.0572. The number of rotatable bonds is 4. The summed E-state index contributed by atoms with van der Waals surface area (Å²) in [5.74, 6) is 0. The fourth-order valence-electron chi connectivity index (χ4n) is 2.92. The van der Waals surface area contributed by atoms with Gasteiger partial charge >= 0.3 is 6.09 Å². The van der Waals surface area contributed by atoms with Crippen LogP contribution in [0.15, 0.2) is 48.7 Å². The maximum atomic E-state index is 12.8. The topological polar surface area (TPSA) is 66.5 Å². The molecule has 2 unspecified atom stereocenters. The normalized spacial score (nSPS) is 17.4. The Bertz CT molecular complexity index is 758. The van der Waals surface area contributed by atoms with Crippen LogP contribution in [0.2, 0.25) is 0 Å². The summed E-state index contributed by atoms with van der Waals surface area (Å²) in [6.07, 6.45) is 1.20. The third-order valence-corrected chi connectivity index (χ3v) is 4.14. The van der Waals surface area contributed by atoms with Gasteiger partial charge in [-0.25, -0.2) is 4.79 Å². The third-order valence-electron chi connectivity index (χ3n) is 4.14. The molecular weight excluding hydrogens is 328 g/mol. The Morgan fingerprint density at radius 2 is 2.00 bits per heavy atom. The van der Waals surface area contributed by atoms with Gasteiger partial charge in [-0.15, -0.1) is 0 Å². The largest absolute Gasteiger partial charge is 0.443 e. The molecule has 1 aliphatic heterocycles. The fourth-order valence-corrected chi connectivity index (χ4v) is 2.92. The summed E-state index contributed by atoms with van der Waals surface area (Å²) in [4.78, 5) is 18.8. The molecule has 6 nitrogen and oxygen atoms in total. The summed E-state index contributed by atoms with van der Waals surface area (Å²) >= 11 is 0. The predicted octanol–water partition coefficient (Wildman–Crippen LogP) is 3.93. The van der Waals surface area contributed by atoms with Crippen LogP contribution in [0.1, 0.15) is 39.4 Å². The quantitative estimate of drug-likeness (QED) is 0.871. The zero-order valence-corrected chi connectivity index (χ0v) is 15.7. The average molecular weight is 354 g/mol. The van der Waals surface area contributed by atoms with Gasteiger partial charge < -0.3 is 15.4 Å². The van der Waals surface area contributed by atoms with Gasteiger partial charge in [0, 0.05) is 18.8 Å². The summed E-state index contributed by atoms with van der Waals surface area (Å²) < 4.78 is 5.61. The summed E-state index contributed by atoms with van der Waals surface area (Å²) in [5.41, 5.74) is 2.18. The van der Waals surface area contributed by atoms with Gasteiger partial charge in [0.2, 0.25) is 0 Å². The molecule has 2 N–H and O–H groups in total. The van der Waals surface area contributed by atoms with Crippen molar-refractivity contribution in [2.45, 2.75) is 45.5 Å². The van der Waals surface area contributed by atoms with E-state index in [9.17, 15) is 4.79 Å². The van der Waals surface area contributed by atoms with Gasteiger partial charge in [0.25, 0.3) is 0 Å². The first-order valence-electron chi connectivity index (χ1n) is 8.87. The molecule has 0 saturated heterocycles. The van der Waals surface area contributed by atoms with Crippen molar-refractivity contribution in [1.29, 1.82) is 0 Å². The third kappa shape index (κ3) is 4.14. The van der Waals surface area contributed by atoms with Crippen molar-refractivity contribution in [3.8, 4) is 0 Å². The van der Waals surface area contributed by atoms with E-state index in [1.165, 1.54) is 0 Å². The number of amides is 1. The number of carbonyl (C=O) groups is 1. The van der Waals surface area contributed by atoms with Crippen LogP contribution >= 0.6 is 0 Å². The Morgan fingerprint density at radius 3 is 2.69 bits per heavy atom. The van der Waals surface area contributed by atoms with Crippen LogP contribution in [0.25, 0.3) is 0 Å². The molecule has 0 spiro atoms. The monoisotopic (exact) mass is 354 g/mol. The van der Waals surface area contributed by atoms with Crippen molar-refractivity contribution in [1.82, 2.24) is 10.3 Å². The van der Waals surface area contributed by atoms with Gasteiger partial charge in [-0.05, 0) is 52.0 Å². The molecule has 1 aliphatic rings. The number of carbonyl (C=O) groups excluding carboxylic acids is 1. The van der Waals surface area contributed by atoms with Gasteiger partial charge in [-0.1, -0.05) is 18.2 Å². The molecule has 26 heavy (non-hydrogen) atoms. The fraction of sp³-hybridized carbons (Fsp3) is 0.400. The molecule has 2 atom stereocenters. The van der Waals surface area contributed by atoms with E-state index in [-0.39, 0.29) is 18.3 Å². The first-order chi connectivity index (χ1) is 12.3. The number of hydrogen-bond acceptors (Lipinski definition) is 5. The van der Waals surface area contributed by atoms with E-state index in [1.807, 2.05) is 63.2 Å². The number of aromatic nitrogens is 1. The maximum Gasteiger partial charge on any atom is 0.416 e. The van der Waals surface area contributed by atoms with E-state index in [2.05, 4.69) is 22.5 Å². The number of hydrogen-bond donors (Lipinski definition) is 2. The second-order valence-electron chi connectivity index (χ2n) is 7.41. The van der Waals surface area contributed by atoms with E-state index in [0.29, 0.717) is 6.54 Å². The van der Waals surface area contributed by atoms with Crippen LogP contribution in [0.4, 0.5) is 16.2 Å². The van der Waals surface area contributed by atoms with Gasteiger partial charge in [0.05, 0.1) is 17.1 Å². The minimum absolute atomic E-state index is 0.0715. The number of nitrogens with one attached hydrogen (secondary N) is 2. The van der Waals surface area contributed by atoms with Crippen LogP contribution in [-0.4, -0.2) is 29.4 Å². The Hall–Kier alpha value is -2.60. The molecule has 1 aromatic heterocycles. The van der Waals surface area contributed by atoms with E-state index in [0.717, 1.165) is 17.1 Å². The molecule has 138 valence electrons. The van der Waals surface area contributed by atoms with E-state index in [1.54, 1.807) is 11.1 Å². The molecule has 6 heteroatoms. The number of benzene rings is 1. The first-order valence-corrected chi connectivity index (χ1v) is 8.87. The second-order valence-corrected chi connectivity index (χ2v) is 7.41. The molecule has 1 aromatic carbocycles. The molecule has 2 heterocycles. The van der Waals surface area contributed by atoms with Crippen LogP contribution in [0, 0.1) is 0 Å². The van der Waals surface area contributed by atoms with Crippen molar-refractivity contribution in [3.63, 3.8) is 0 Å². The van der Waals surface area contributed by atoms with Crippen LogP contribution in [-0.2, 0) is 4.74 Å². The number of pyridine rings is 1. The van der Waals surface area contributed by atoms with Crippen LogP contribution in [0.5, 0.6) is 0 Å². The zero-order valence-electron chi connectivity index (χ0n) is 15.7. The summed E-state index contributed by atoms with van der Waals surface area (Å²) in [5, 5.41) is 6.85. The van der Waals surface area contributed by atoms with Crippen molar-refractivity contribution in [2.24, 2.45) is 0 Å². The molecule has 0 bridgehead atoms. The SMILES string of the molecule is CC(NCC1Nc2ccccc2N1C(=O)OC(C)(C)C)c1ccccn1. The Kier molecular flexibility index (Phi) is 5.13. The highest BCUT2D eigenvalue weighted by atomic mass is 16.6. The summed E-state index contributed by atoms with van der Waals surface area (Å²) in [6.45, 7) is 8.23.